The van der Waals surface area contributed by atoms with Gasteiger partial charge in [0.25, 0.3) is 0 Å². The highest BCUT2D eigenvalue weighted by molar-refractivity contribution is 9.10. The molecule has 0 radical (unpaired) electrons. The second-order valence-corrected chi connectivity index (χ2v) is 6.11. The van der Waals surface area contributed by atoms with Gasteiger partial charge in [-0.05, 0) is 30.2 Å². The molecule has 1 atom stereocenters. The van der Waals surface area contributed by atoms with Gasteiger partial charge in [-0.1, -0.05) is 52.3 Å². The molecule has 0 fully saturated rings. The van der Waals surface area contributed by atoms with E-state index in [2.05, 4.69) is 27.0 Å². The van der Waals surface area contributed by atoms with Crippen LogP contribution in [0, 0.1) is 0 Å². The first-order valence-electron chi connectivity index (χ1n) is 6.91. The van der Waals surface area contributed by atoms with E-state index in [4.69, 9.17) is 0 Å². The largest absolute Gasteiger partial charge is 0.361 e. The van der Waals surface area contributed by atoms with E-state index in [-0.39, 0.29) is 6.04 Å². The lowest BCUT2D eigenvalue weighted by molar-refractivity contribution is -0.131. The number of nitrogens with zero attached hydrogens (tertiary/aromatic N) is 1. The van der Waals surface area contributed by atoms with Crippen LogP contribution in [0.25, 0.3) is 10.9 Å². The standard InChI is InChI=1S/C17H17BrN2O/c1-12(20(21)11-13-5-3-2-4-6-13)16-10-19-17-9-14(18)7-8-15(16)17/h2-10,12,19,21H,11H2,1H3. The maximum Gasteiger partial charge on any atom is 0.0596 e. The van der Waals surface area contributed by atoms with Crippen LogP contribution in [0.4, 0.5) is 0 Å². The van der Waals surface area contributed by atoms with Crippen molar-refractivity contribution in [2.24, 2.45) is 0 Å². The predicted octanol–water partition coefficient (Wildman–Crippen LogP) is 4.88. The van der Waals surface area contributed by atoms with E-state index in [1.54, 1.807) is 0 Å². The number of hydrogen-bond acceptors (Lipinski definition) is 2. The highest BCUT2D eigenvalue weighted by Gasteiger charge is 2.17. The van der Waals surface area contributed by atoms with Crippen molar-refractivity contribution < 1.29 is 5.21 Å². The Kier molecular flexibility index (Phi) is 4.10. The number of rotatable bonds is 4. The van der Waals surface area contributed by atoms with Crippen molar-refractivity contribution in [2.75, 3.05) is 0 Å². The molecule has 2 N–H and O–H groups in total. The molecule has 1 aromatic heterocycles. The molecule has 0 spiro atoms. The normalized spacial score (nSPS) is 13.0. The molecular weight excluding hydrogens is 328 g/mol. The topological polar surface area (TPSA) is 39.3 Å². The summed E-state index contributed by atoms with van der Waals surface area (Å²) in [5.41, 5.74) is 3.25. The zero-order valence-corrected chi connectivity index (χ0v) is 13.3. The lowest BCUT2D eigenvalue weighted by Crippen LogP contribution is -2.22. The van der Waals surface area contributed by atoms with Crippen LogP contribution in [0.1, 0.15) is 24.1 Å². The highest BCUT2D eigenvalue weighted by atomic mass is 79.9. The van der Waals surface area contributed by atoms with Crippen molar-refractivity contribution in [1.29, 1.82) is 0 Å². The Morgan fingerprint density at radius 2 is 1.95 bits per heavy atom. The minimum Gasteiger partial charge on any atom is -0.361 e. The molecule has 0 saturated carbocycles. The highest BCUT2D eigenvalue weighted by Crippen LogP contribution is 2.29. The van der Waals surface area contributed by atoms with Crippen LogP contribution < -0.4 is 0 Å². The van der Waals surface area contributed by atoms with Crippen molar-refractivity contribution in [2.45, 2.75) is 19.5 Å². The average molecular weight is 345 g/mol. The number of hydroxylamine groups is 2. The van der Waals surface area contributed by atoms with Gasteiger partial charge >= 0.3 is 0 Å². The van der Waals surface area contributed by atoms with Crippen molar-refractivity contribution in [3.63, 3.8) is 0 Å². The van der Waals surface area contributed by atoms with E-state index in [0.717, 1.165) is 26.5 Å². The molecule has 0 bridgehead atoms. The van der Waals surface area contributed by atoms with Crippen LogP contribution in [-0.2, 0) is 6.54 Å². The fourth-order valence-corrected chi connectivity index (χ4v) is 2.90. The van der Waals surface area contributed by atoms with Gasteiger partial charge in [0.2, 0.25) is 0 Å². The SMILES string of the molecule is CC(c1c[nH]c2cc(Br)ccc12)N(O)Cc1ccccc1. The molecular formula is C17H17BrN2O. The molecule has 4 heteroatoms. The average Bonchev–Trinajstić information content (AvgIpc) is 2.90. The third kappa shape index (κ3) is 3.02. The summed E-state index contributed by atoms with van der Waals surface area (Å²) in [6.45, 7) is 2.51. The van der Waals surface area contributed by atoms with Gasteiger partial charge < -0.3 is 10.2 Å². The molecule has 0 saturated heterocycles. The second kappa shape index (κ2) is 6.02. The summed E-state index contributed by atoms with van der Waals surface area (Å²) in [5.74, 6) is 0. The Morgan fingerprint density at radius 3 is 2.71 bits per heavy atom. The number of nitrogens with one attached hydrogen (secondary N) is 1. The molecule has 0 aliphatic carbocycles. The minimum absolute atomic E-state index is 0.0832. The Hall–Kier alpha value is -1.62. The second-order valence-electron chi connectivity index (χ2n) is 5.19. The van der Waals surface area contributed by atoms with E-state index in [0.29, 0.717) is 6.54 Å². The van der Waals surface area contributed by atoms with Crippen molar-refractivity contribution >= 4 is 26.8 Å². The van der Waals surface area contributed by atoms with Crippen LogP contribution in [0.2, 0.25) is 0 Å². The Bertz CT molecular complexity index is 739. The van der Waals surface area contributed by atoms with E-state index in [1.807, 2.05) is 55.6 Å². The first-order chi connectivity index (χ1) is 10.1. The van der Waals surface area contributed by atoms with Crippen LogP contribution in [0.3, 0.4) is 0 Å². The smallest absolute Gasteiger partial charge is 0.0596 e. The minimum atomic E-state index is -0.0832. The molecule has 0 aliphatic rings. The Morgan fingerprint density at radius 1 is 1.19 bits per heavy atom. The number of fused-ring (bicyclic) bond motifs is 1. The number of halogens is 1. The third-order valence-electron chi connectivity index (χ3n) is 3.76. The monoisotopic (exact) mass is 344 g/mol. The predicted molar refractivity (Wildman–Crippen MR) is 88.2 cm³/mol. The molecule has 3 nitrogen and oxygen atoms in total. The number of benzene rings is 2. The third-order valence-corrected chi connectivity index (χ3v) is 4.25. The zero-order chi connectivity index (χ0) is 14.8. The molecule has 108 valence electrons. The quantitative estimate of drug-likeness (QED) is 0.662. The van der Waals surface area contributed by atoms with Gasteiger partial charge in [-0.25, -0.2) is 0 Å². The van der Waals surface area contributed by atoms with E-state index in [9.17, 15) is 5.21 Å². The van der Waals surface area contributed by atoms with Crippen LogP contribution >= 0.6 is 15.9 Å². The van der Waals surface area contributed by atoms with Gasteiger partial charge in [-0.3, -0.25) is 0 Å². The summed E-state index contributed by atoms with van der Waals surface area (Å²) in [6, 6.07) is 16.0. The molecule has 3 rings (SSSR count). The van der Waals surface area contributed by atoms with E-state index >= 15 is 0 Å². The number of hydrogen-bond donors (Lipinski definition) is 2. The maximum absolute atomic E-state index is 10.4. The lowest BCUT2D eigenvalue weighted by atomic mass is 10.1. The molecule has 3 aromatic rings. The van der Waals surface area contributed by atoms with Crippen molar-refractivity contribution in [1.82, 2.24) is 10.0 Å². The summed E-state index contributed by atoms with van der Waals surface area (Å²) >= 11 is 3.47. The molecule has 1 heterocycles. The van der Waals surface area contributed by atoms with Gasteiger partial charge in [0.05, 0.1) is 6.04 Å². The lowest BCUT2D eigenvalue weighted by Gasteiger charge is -2.22. The van der Waals surface area contributed by atoms with Gasteiger partial charge in [0, 0.05) is 28.1 Å². The first-order valence-corrected chi connectivity index (χ1v) is 7.70. The molecule has 0 aliphatic heterocycles. The summed E-state index contributed by atoms with van der Waals surface area (Å²) in [4.78, 5) is 3.26. The van der Waals surface area contributed by atoms with Gasteiger partial charge in [0.15, 0.2) is 0 Å². The van der Waals surface area contributed by atoms with E-state index < -0.39 is 0 Å². The Balaban J connectivity index is 1.84. The molecule has 1 unspecified atom stereocenters. The summed E-state index contributed by atoms with van der Waals surface area (Å²) in [7, 11) is 0. The fraction of sp³-hybridized carbons (Fsp3) is 0.176. The summed E-state index contributed by atoms with van der Waals surface area (Å²) < 4.78 is 1.04. The molecule has 0 amide bonds. The fourth-order valence-electron chi connectivity index (χ4n) is 2.53. The van der Waals surface area contributed by atoms with Gasteiger partial charge in [-0.2, -0.15) is 5.06 Å². The molecule has 21 heavy (non-hydrogen) atoms. The number of H-pyrrole nitrogens is 1. The van der Waals surface area contributed by atoms with Crippen LogP contribution in [0.5, 0.6) is 0 Å². The van der Waals surface area contributed by atoms with Gasteiger partial charge in [0.1, 0.15) is 0 Å². The Labute approximate surface area is 132 Å². The summed E-state index contributed by atoms with van der Waals surface area (Å²) in [6.07, 6.45) is 1.97. The maximum atomic E-state index is 10.4. The number of aromatic amines is 1. The van der Waals surface area contributed by atoms with Crippen LogP contribution in [-0.4, -0.2) is 15.3 Å². The summed E-state index contributed by atoms with van der Waals surface area (Å²) in [5, 5.41) is 12.9. The molecule has 2 aromatic carbocycles. The first kappa shape index (κ1) is 14.3. The van der Waals surface area contributed by atoms with E-state index in [1.165, 1.54) is 5.06 Å². The van der Waals surface area contributed by atoms with Crippen molar-refractivity contribution in [3.8, 4) is 0 Å². The van der Waals surface area contributed by atoms with Crippen LogP contribution in [0.15, 0.2) is 59.2 Å². The zero-order valence-electron chi connectivity index (χ0n) is 11.8. The van der Waals surface area contributed by atoms with Gasteiger partial charge in [-0.15, -0.1) is 0 Å². The van der Waals surface area contributed by atoms with Crippen molar-refractivity contribution in [3.05, 3.63) is 70.3 Å². The number of aromatic nitrogens is 1.